The average molecular weight is 199 g/mol. The quantitative estimate of drug-likeness (QED) is 0.439. The van der Waals surface area contributed by atoms with Gasteiger partial charge in [0.1, 0.15) is 0 Å². The number of nitrogens with one attached hydrogen (secondary N) is 1. The molecule has 12 heavy (non-hydrogen) atoms. The molecule has 1 aromatic carbocycles. The number of aryl methyl sites for hydroxylation is 2. The van der Waals surface area contributed by atoms with Gasteiger partial charge in [0.05, 0.1) is 5.69 Å². The van der Waals surface area contributed by atoms with Crippen LogP contribution in [0.2, 0.25) is 0 Å². The Morgan fingerprint density at radius 1 is 1.50 bits per heavy atom. The molecule has 0 atom stereocenters. The molecule has 0 spiro atoms. The third kappa shape index (κ3) is 2.11. The Balaban J connectivity index is 3.02. The first kappa shape index (κ1) is 9.81. The van der Waals surface area contributed by atoms with Gasteiger partial charge >= 0.3 is 0 Å². The Morgan fingerprint density at radius 3 is 2.83 bits per heavy atom. The summed E-state index contributed by atoms with van der Waals surface area (Å²) < 4.78 is 3.18. The molecule has 0 amide bonds. The summed E-state index contributed by atoms with van der Waals surface area (Å²) >= 11 is 4.07. The molecule has 0 saturated heterocycles. The highest BCUT2D eigenvalue weighted by atomic mass is 33.1. The van der Waals surface area contributed by atoms with Crippen molar-refractivity contribution in [3.8, 4) is 0 Å². The molecule has 1 rings (SSSR count). The summed E-state index contributed by atoms with van der Waals surface area (Å²) in [5.74, 6) is 0. The van der Waals surface area contributed by atoms with Crippen LogP contribution in [0, 0.1) is 6.92 Å². The van der Waals surface area contributed by atoms with Gasteiger partial charge in [-0.2, -0.15) is 0 Å². The zero-order valence-electron chi connectivity index (χ0n) is 7.29. The maximum atomic E-state index is 4.07. The lowest BCUT2D eigenvalue weighted by atomic mass is 10.1. The SMILES string of the molecule is CCc1cccc(C)c1NSS. The van der Waals surface area contributed by atoms with E-state index in [0.29, 0.717) is 0 Å². The molecule has 0 aliphatic carbocycles. The third-order valence-electron chi connectivity index (χ3n) is 1.89. The summed E-state index contributed by atoms with van der Waals surface area (Å²) in [6.07, 6.45) is 1.05. The number of para-hydroxylation sites is 1. The van der Waals surface area contributed by atoms with Crippen LogP contribution in [0.1, 0.15) is 18.1 Å². The summed E-state index contributed by atoms with van der Waals surface area (Å²) in [7, 11) is 1.34. The van der Waals surface area contributed by atoms with Crippen LogP contribution in [0.25, 0.3) is 0 Å². The van der Waals surface area contributed by atoms with Gasteiger partial charge in [-0.05, 0) is 24.5 Å². The van der Waals surface area contributed by atoms with Crippen LogP contribution < -0.4 is 4.72 Å². The largest absolute Gasteiger partial charge is 0.320 e. The summed E-state index contributed by atoms with van der Waals surface area (Å²) in [4.78, 5) is 0. The standard InChI is InChI=1S/C9H13NS2/c1-3-8-6-4-5-7(2)9(8)10-12-11/h4-6,10-11H,3H2,1-2H3. The molecular formula is C9H13NS2. The highest BCUT2D eigenvalue weighted by Crippen LogP contribution is 2.24. The first-order chi connectivity index (χ1) is 5.79. The molecule has 0 aliphatic rings. The van der Waals surface area contributed by atoms with Gasteiger partial charge in [0.25, 0.3) is 0 Å². The van der Waals surface area contributed by atoms with Crippen molar-refractivity contribution < 1.29 is 0 Å². The van der Waals surface area contributed by atoms with E-state index in [1.165, 1.54) is 27.8 Å². The zero-order chi connectivity index (χ0) is 8.97. The highest BCUT2D eigenvalue weighted by molar-refractivity contribution is 8.69. The van der Waals surface area contributed by atoms with E-state index in [0.717, 1.165) is 6.42 Å². The van der Waals surface area contributed by atoms with Gasteiger partial charge in [0.15, 0.2) is 0 Å². The molecule has 0 aromatic heterocycles. The maximum Gasteiger partial charge on any atom is 0.0508 e. The number of benzene rings is 1. The Kier molecular flexibility index (Phi) is 3.82. The van der Waals surface area contributed by atoms with Gasteiger partial charge < -0.3 is 4.72 Å². The molecule has 3 heteroatoms. The lowest BCUT2D eigenvalue weighted by Crippen LogP contribution is -1.93. The first-order valence-electron chi connectivity index (χ1n) is 3.94. The molecule has 1 nitrogen and oxygen atoms in total. The minimum absolute atomic E-state index is 1.05. The number of thiol groups is 1. The molecule has 0 fully saturated rings. The monoisotopic (exact) mass is 199 g/mol. The lowest BCUT2D eigenvalue weighted by Gasteiger charge is -2.10. The minimum atomic E-state index is 1.05. The second-order valence-corrected chi connectivity index (χ2v) is 3.59. The summed E-state index contributed by atoms with van der Waals surface area (Å²) in [5, 5.41) is 0. The van der Waals surface area contributed by atoms with E-state index in [2.05, 4.69) is 48.4 Å². The van der Waals surface area contributed by atoms with Crippen molar-refractivity contribution in [2.75, 3.05) is 4.72 Å². The molecule has 0 saturated carbocycles. The average Bonchev–Trinajstić information content (AvgIpc) is 2.09. The van der Waals surface area contributed by atoms with Gasteiger partial charge in [-0.15, -0.1) is 0 Å². The van der Waals surface area contributed by atoms with Crippen LogP contribution in [0.4, 0.5) is 5.69 Å². The Labute approximate surface area is 82.9 Å². The fraction of sp³-hybridized carbons (Fsp3) is 0.333. The van der Waals surface area contributed by atoms with E-state index in [9.17, 15) is 0 Å². The van der Waals surface area contributed by atoms with E-state index in [-0.39, 0.29) is 0 Å². The Morgan fingerprint density at radius 2 is 2.25 bits per heavy atom. The smallest absolute Gasteiger partial charge is 0.0508 e. The van der Waals surface area contributed by atoms with Crippen molar-refractivity contribution in [3.63, 3.8) is 0 Å². The van der Waals surface area contributed by atoms with Crippen molar-refractivity contribution in [2.45, 2.75) is 20.3 Å². The van der Waals surface area contributed by atoms with Gasteiger partial charge in [0, 0.05) is 11.0 Å². The highest BCUT2D eigenvalue weighted by Gasteiger charge is 2.01. The number of hydrogen-bond acceptors (Lipinski definition) is 3. The van der Waals surface area contributed by atoms with Gasteiger partial charge in [-0.1, -0.05) is 36.8 Å². The summed E-state index contributed by atoms with van der Waals surface area (Å²) in [5.41, 5.74) is 3.83. The Hall–Kier alpha value is -0.280. The van der Waals surface area contributed by atoms with Crippen LogP contribution >= 0.6 is 22.6 Å². The van der Waals surface area contributed by atoms with Gasteiger partial charge in [0.2, 0.25) is 0 Å². The molecule has 0 unspecified atom stereocenters. The molecule has 0 aliphatic heterocycles. The van der Waals surface area contributed by atoms with E-state index in [1.54, 1.807) is 0 Å². The predicted molar refractivity (Wildman–Crippen MR) is 60.8 cm³/mol. The topological polar surface area (TPSA) is 12.0 Å². The van der Waals surface area contributed by atoms with E-state index in [1.807, 2.05) is 0 Å². The normalized spacial score (nSPS) is 9.92. The van der Waals surface area contributed by atoms with Gasteiger partial charge in [-0.25, -0.2) is 0 Å². The van der Waals surface area contributed by atoms with Crippen molar-refractivity contribution in [3.05, 3.63) is 29.3 Å². The van der Waals surface area contributed by atoms with Crippen molar-refractivity contribution >= 4 is 28.3 Å². The molecule has 0 radical (unpaired) electrons. The second kappa shape index (κ2) is 4.67. The molecule has 66 valence electrons. The molecule has 1 aromatic rings. The second-order valence-electron chi connectivity index (χ2n) is 2.66. The van der Waals surface area contributed by atoms with Crippen LogP contribution in [0.15, 0.2) is 18.2 Å². The Bertz CT molecular complexity index is 261. The van der Waals surface area contributed by atoms with Crippen LogP contribution in [-0.2, 0) is 6.42 Å². The van der Waals surface area contributed by atoms with E-state index in [4.69, 9.17) is 0 Å². The molecule has 0 bridgehead atoms. The van der Waals surface area contributed by atoms with E-state index >= 15 is 0 Å². The third-order valence-corrected chi connectivity index (χ3v) is 2.46. The van der Waals surface area contributed by atoms with Crippen molar-refractivity contribution in [2.24, 2.45) is 0 Å². The van der Waals surface area contributed by atoms with Crippen LogP contribution in [0.3, 0.4) is 0 Å². The molecule has 1 N–H and O–H groups in total. The number of hydrogen-bond donors (Lipinski definition) is 2. The fourth-order valence-electron chi connectivity index (χ4n) is 1.21. The number of rotatable bonds is 3. The molecular weight excluding hydrogens is 186 g/mol. The van der Waals surface area contributed by atoms with Crippen molar-refractivity contribution in [1.29, 1.82) is 0 Å². The van der Waals surface area contributed by atoms with Gasteiger partial charge in [-0.3, -0.25) is 0 Å². The minimum Gasteiger partial charge on any atom is -0.320 e. The van der Waals surface area contributed by atoms with Crippen LogP contribution in [0.5, 0.6) is 0 Å². The summed E-state index contributed by atoms with van der Waals surface area (Å²) in [6.45, 7) is 4.26. The fourth-order valence-corrected chi connectivity index (χ4v) is 1.87. The van der Waals surface area contributed by atoms with E-state index < -0.39 is 0 Å². The predicted octanol–water partition coefficient (Wildman–Crippen LogP) is 3.46. The summed E-state index contributed by atoms with van der Waals surface area (Å²) in [6, 6.07) is 6.33. The molecule has 0 heterocycles. The first-order valence-corrected chi connectivity index (χ1v) is 5.81. The lowest BCUT2D eigenvalue weighted by molar-refractivity contribution is 1.14. The maximum absolute atomic E-state index is 4.07. The zero-order valence-corrected chi connectivity index (χ0v) is 9.01. The van der Waals surface area contributed by atoms with Crippen molar-refractivity contribution in [1.82, 2.24) is 0 Å². The number of anilines is 1. The van der Waals surface area contributed by atoms with Crippen LogP contribution in [-0.4, -0.2) is 0 Å².